The van der Waals surface area contributed by atoms with Crippen LogP contribution in [0, 0.1) is 17.1 Å². The first kappa shape index (κ1) is 18.5. The van der Waals surface area contributed by atoms with E-state index in [-0.39, 0.29) is 23.3 Å². The number of amides is 1. The van der Waals surface area contributed by atoms with Crippen LogP contribution in [0.25, 0.3) is 17.0 Å². The summed E-state index contributed by atoms with van der Waals surface area (Å²) in [5, 5.41) is 13.2. The molecule has 4 rings (SSSR count). The monoisotopic (exact) mass is 437 g/mol. The fourth-order valence-electron chi connectivity index (χ4n) is 3.12. The normalized spacial score (nSPS) is 14.1. The standard InChI is InChI=1S/C22H17BrFN3O/c23-17-3-8-21-20(10-17)16(9-15(11-25)22(28)26-19-6-7-19)13-27(21)12-14-1-4-18(24)5-2-14/h1-5,8-10,13,19H,6-7,12H2,(H,26,28)/b15-9+. The molecule has 0 bridgehead atoms. The number of nitrogens with zero attached hydrogens (tertiary/aromatic N) is 2. The molecule has 1 aliphatic rings. The predicted octanol–water partition coefficient (Wildman–Crippen LogP) is 4.78. The van der Waals surface area contributed by atoms with E-state index in [2.05, 4.69) is 21.2 Å². The van der Waals surface area contributed by atoms with Crippen LogP contribution in [0.1, 0.15) is 24.0 Å². The van der Waals surface area contributed by atoms with Crippen LogP contribution in [-0.2, 0) is 11.3 Å². The molecule has 0 atom stereocenters. The van der Waals surface area contributed by atoms with Gasteiger partial charge >= 0.3 is 0 Å². The van der Waals surface area contributed by atoms with Crippen molar-refractivity contribution in [2.75, 3.05) is 0 Å². The Morgan fingerprint density at radius 3 is 2.71 bits per heavy atom. The summed E-state index contributed by atoms with van der Waals surface area (Å²) in [7, 11) is 0. The number of halogens is 2. The molecule has 0 saturated heterocycles. The number of nitriles is 1. The molecule has 1 aromatic heterocycles. The zero-order chi connectivity index (χ0) is 19.7. The van der Waals surface area contributed by atoms with Crippen molar-refractivity contribution < 1.29 is 9.18 Å². The highest BCUT2D eigenvalue weighted by Crippen LogP contribution is 2.28. The Morgan fingerprint density at radius 1 is 1.29 bits per heavy atom. The summed E-state index contributed by atoms with van der Waals surface area (Å²) in [5.41, 5.74) is 2.82. The van der Waals surface area contributed by atoms with Gasteiger partial charge in [0.1, 0.15) is 17.5 Å². The topological polar surface area (TPSA) is 57.8 Å². The summed E-state index contributed by atoms with van der Waals surface area (Å²) < 4.78 is 16.1. The molecule has 0 unspecified atom stereocenters. The molecule has 1 heterocycles. The van der Waals surface area contributed by atoms with Crippen LogP contribution in [0.15, 0.2) is 58.7 Å². The van der Waals surface area contributed by atoms with Gasteiger partial charge in [0.2, 0.25) is 0 Å². The summed E-state index contributed by atoms with van der Waals surface area (Å²) in [6.07, 6.45) is 5.48. The molecule has 28 heavy (non-hydrogen) atoms. The van der Waals surface area contributed by atoms with Gasteiger partial charge in [-0.2, -0.15) is 5.26 Å². The van der Waals surface area contributed by atoms with Crippen LogP contribution in [0.5, 0.6) is 0 Å². The van der Waals surface area contributed by atoms with Crippen molar-refractivity contribution in [2.45, 2.75) is 25.4 Å². The average Bonchev–Trinajstić information content (AvgIpc) is 3.43. The van der Waals surface area contributed by atoms with Gasteiger partial charge < -0.3 is 9.88 Å². The maximum atomic E-state index is 13.2. The zero-order valence-electron chi connectivity index (χ0n) is 15.0. The number of aromatic nitrogens is 1. The van der Waals surface area contributed by atoms with E-state index < -0.39 is 0 Å². The highest BCUT2D eigenvalue weighted by molar-refractivity contribution is 9.10. The van der Waals surface area contributed by atoms with Gasteiger partial charge in [-0.1, -0.05) is 28.1 Å². The molecular weight excluding hydrogens is 421 g/mol. The SMILES string of the molecule is N#C/C(=C\c1cn(Cc2ccc(F)cc2)c2ccc(Br)cc12)C(=O)NC1CC1. The molecule has 1 amide bonds. The minimum absolute atomic E-state index is 0.0905. The van der Waals surface area contributed by atoms with Gasteiger partial charge in [0.25, 0.3) is 5.91 Å². The molecule has 6 heteroatoms. The van der Waals surface area contributed by atoms with Gasteiger partial charge in [0.05, 0.1) is 0 Å². The average molecular weight is 438 g/mol. The lowest BCUT2D eigenvalue weighted by molar-refractivity contribution is -0.117. The summed E-state index contributed by atoms with van der Waals surface area (Å²) in [6.45, 7) is 0.558. The molecule has 2 aromatic carbocycles. The Bertz CT molecular complexity index is 1120. The van der Waals surface area contributed by atoms with E-state index >= 15 is 0 Å². The quantitative estimate of drug-likeness (QED) is 0.461. The molecule has 140 valence electrons. The molecule has 1 N–H and O–H groups in total. The lowest BCUT2D eigenvalue weighted by atomic mass is 10.1. The number of hydrogen-bond acceptors (Lipinski definition) is 2. The van der Waals surface area contributed by atoms with Crippen LogP contribution in [-0.4, -0.2) is 16.5 Å². The van der Waals surface area contributed by atoms with Crippen LogP contribution in [0.4, 0.5) is 4.39 Å². The van der Waals surface area contributed by atoms with Gasteiger partial charge in [0, 0.05) is 39.7 Å². The van der Waals surface area contributed by atoms with E-state index in [4.69, 9.17) is 0 Å². The van der Waals surface area contributed by atoms with Gasteiger partial charge in [-0.05, 0) is 54.8 Å². The predicted molar refractivity (Wildman–Crippen MR) is 110 cm³/mol. The van der Waals surface area contributed by atoms with E-state index in [0.717, 1.165) is 39.3 Å². The third-order valence-electron chi connectivity index (χ3n) is 4.72. The van der Waals surface area contributed by atoms with Gasteiger partial charge in [-0.25, -0.2) is 4.39 Å². The Hall–Kier alpha value is -2.91. The Balaban J connectivity index is 1.74. The van der Waals surface area contributed by atoms with Gasteiger partial charge in [-0.3, -0.25) is 4.79 Å². The lowest BCUT2D eigenvalue weighted by Gasteiger charge is -2.05. The molecular formula is C22H17BrFN3O. The first-order valence-corrected chi connectivity index (χ1v) is 9.78. The van der Waals surface area contributed by atoms with Crippen molar-refractivity contribution in [1.82, 2.24) is 9.88 Å². The Morgan fingerprint density at radius 2 is 2.04 bits per heavy atom. The fraction of sp³-hybridized carbons (Fsp3) is 0.182. The minimum Gasteiger partial charge on any atom is -0.349 e. The smallest absolute Gasteiger partial charge is 0.262 e. The van der Waals surface area contributed by atoms with Gasteiger partial charge in [-0.15, -0.1) is 0 Å². The largest absolute Gasteiger partial charge is 0.349 e. The van der Waals surface area contributed by atoms with E-state index in [0.29, 0.717) is 6.54 Å². The van der Waals surface area contributed by atoms with Crippen LogP contribution in [0.3, 0.4) is 0 Å². The number of fused-ring (bicyclic) bond motifs is 1. The van der Waals surface area contributed by atoms with Crippen LogP contribution >= 0.6 is 15.9 Å². The van der Waals surface area contributed by atoms with E-state index in [1.807, 2.05) is 35.0 Å². The fourth-order valence-corrected chi connectivity index (χ4v) is 3.49. The van der Waals surface area contributed by atoms with Crippen molar-refractivity contribution in [3.05, 3.63) is 75.7 Å². The van der Waals surface area contributed by atoms with Crippen LogP contribution < -0.4 is 5.32 Å². The Labute approximate surface area is 170 Å². The molecule has 0 aliphatic heterocycles. The van der Waals surface area contributed by atoms with Crippen molar-refractivity contribution in [2.24, 2.45) is 0 Å². The highest BCUT2D eigenvalue weighted by atomic mass is 79.9. The molecule has 4 nitrogen and oxygen atoms in total. The third kappa shape index (κ3) is 4.00. The first-order chi connectivity index (χ1) is 13.5. The maximum absolute atomic E-state index is 13.2. The molecule has 1 aliphatic carbocycles. The van der Waals surface area contributed by atoms with Crippen molar-refractivity contribution >= 4 is 38.8 Å². The summed E-state index contributed by atoms with van der Waals surface area (Å²) >= 11 is 3.49. The summed E-state index contributed by atoms with van der Waals surface area (Å²) in [6, 6.07) is 14.5. The number of benzene rings is 2. The number of rotatable bonds is 5. The first-order valence-electron chi connectivity index (χ1n) is 8.99. The number of carbonyl (C=O) groups excluding carboxylic acids is 1. The second kappa shape index (κ2) is 7.61. The van der Waals surface area contributed by atoms with Crippen LogP contribution in [0.2, 0.25) is 0 Å². The van der Waals surface area contributed by atoms with E-state index in [9.17, 15) is 14.4 Å². The molecule has 0 spiro atoms. The minimum atomic E-state index is -0.334. The zero-order valence-corrected chi connectivity index (χ0v) is 16.5. The lowest BCUT2D eigenvalue weighted by Crippen LogP contribution is -2.26. The highest BCUT2D eigenvalue weighted by Gasteiger charge is 2.25. The van der Waals surface area contributed by atoms with E-state index in [1.54, 1.807) is 18.2 Å². The van der Waals surface area contributed by atoms with Crippen molar-refractivity contribution in [1.29, 1.82) is 5.26 Å². The van der Waals surface area contributed by atoms with Crippen molar-refractivity contribution in [3.8, 4) is 6.07 Å². The summed E-state index contributed by atoms with van der Waals surface area (Å²) in [5.74, 6) is -0.603. The number of carbonyl (C=O) groups is 1. The van der Waals surface area contributed by atoms with Crippen molar-refractivity contribution in [3.63, 3.8) is 0 Å². The molecule has 0 radical (unpaired) electrons. The molecule has 1 saturated carbocycles. The number of hydrogen-bond donors (Lipinski definition) is 1. The molecule has 1 fully saturated rings. The van der Waals surface area contributed by atoms with Gasteiger partial charge in [0.15, 0.2) is 0 Å². The third-order valence-corrected chi connectivity index (χ3v) is 5.21. The maximum Gasteiger partial charge on any atom is 0.262 e. The summed E-state index contributed by atoms with van der Waals surface area (Å²) in [4.78, 5) is 12.3. The number of nitrogens with one attached hydrogen (secondary N) is 1. The Kier molecular flexibility index (Phi) is 5.01. The second-order valence-corrected chi connectivity index (χ2v) is 7.83. The second-order valence-electron chi connectivity index (χ2n) is 6.92. The van der Waals surface area contributed by atoms with E-state index in [1.165, 1.54) is 12.1 Å². The molecule has 3 aromatic rings.